The van der Waals surface area contributed by atoms with Crippen molar-refractivity contribution in [3.8, 4) is 33.8 Å². The van der Waals surface area contributed by atoms with E-state index in [0.29, 0.717) is 6.04 Å². The lowest BCUT2D eigenvalue weighted by molar-refractivity contribution is 0.899. The molecule has 36 heavy (non-hydrogen) atoms. The lowest BCUT2D eigenvalue weighted by Crippen LogP contribution is -2.09. The van der Waals surface area contributed by atoms with E-state index in [1.807, 2.05) is 18.2 Å². The molecule has 0 aliphatic rings. The van der Waals surface area contributed by atoms with Crippen molar-refractivity contribution < 1.29 is 0 Å². The van der Waals surface area contributed by atoms with Crippen LogP contribution in [0, 0.1) is 0 Å². The smallest absolute Gasteiger partial charge is 0.159 e. The highest BCUT2D eigenvalue weighted by Crippen LogP contribution is 2.34. The average molecular weight is 473 g/mol. The normalized spacial score (nSPS) is 11.6. The summed E-state index contributed by atoms with van der Waals surface area (Å²) >= 11 is 0. The molecule has 178 valence electrons. The first-order chi connectivity index (χ1) is 17.6. The van der Waals surface area contributed by atoms with Gasteiger partial charge in [0.25, 0.3) is 0 Å². The molecule has 0 amide bonds. The van der Waals surface area contributed by atoms with Crippen LogP contribution in [0.15, 0.2) is 79.1 Å². The van der Waals surface area contributed by atoms with Crippen LogP contribution in [0.25, 0.3) is 55.7 Å². The number of imidazole rings is 1. The number of nitrogens with zero attached hydrogens (tertiary/aromatic N) is 3. The molecule has 3 N–H and O–H groups in total. The van der Waals surface area contributed by atoms with Gasteiger partial charge in [0.1, 0.15) is 5.69 Å². The number of hydrogen-bond donors (Lipinski definition) is 3. The fraction of sp³-hybridized carbons (Fsp3) is 0.167. The minimum Gasteiger partial charge on any atom is -0.383 e. The van der Waals surface area contributed by atoms with Gasteiger partial charge in [-0.15, -0.1) is 0 Å². The van der Waals surface area contributed by atoms with E-state index in [4.69, 9.17) is 4.98 Å². The van der Waals surface area contributed by atoms with Crippen LogP contribution in [0.3, 0.4) is 0 Å². The van der Waals surface area contributed by atoms with Crippen LogP contribution in [-0.4, -0.2) is 31.2 Å². The molecular weight excluding hydrogens is 444 g/mol. The molecule has 6 nitrogen and oxygen atoms in total. The number of anilines is 1. The molecule has 0 saturated heterocycles. The third-order valence-electron chi connectivity index (χ3n) is 6.48. The first kappa shape index (κ1) is 22.0. The molecule has 3 heterocycles. The molecule has 0 aliphatic heterocycles. The van der Waals surface area contributed by atoms with Gasteiger partial charge in [-0.25, -0.2) is 4.98 Å². The predicted molar refractivity (Wildman–Crippen MR) is 148 cm³/mol. The number of pyridine rings is 1. The number of aromatic nitrogens is 5. The quantitative estimate of drug-likeness (QED) is 0.239. The van der Waals surface area contributed by atoms with Crippen molar-refractivity contribution in [1.82, 2.24) is 25.1 Å². The van der Waals surface area contributed by atoms with Crippen LogP contribution in [0.5, 0.6) is 0 Å². The van der Waals surface area contributed by atoms with E-state index in [1.165, 1.54) is 11.1 Å². The molecule has 0 fully saturated rings. The van der Waals surface area contributed by atoms with Crippen molar-refractivity contribution in [3.63, 3.8) is 0 Å². The predicted octanol–water partition coefficient (Wildman–Crippen LogP) is 7.22. The Morgan fingerprint density at radius 1 is 0.861 bits per heavy atom. The third kappa shape index (κ3) is 4.01. The van der Waals surface area contributed by atoms with Crippen molar-refractivity contribution in [1.29, 1.82) is 0 Å². The number of H-pyrrole nitrogens is 2. The minimum absolute atomic E-state index is 0.373. The number of aromatic amines is 2. The summed E-state index contributed by atoms with van der Waals surface area (Å²) in [6.07, 6.45) is 4.60. The van der Waals surface area contributed by atoms with Crippen LogP contribution in [0.2, 0.25) is 0 Å². The molecular formula is C30H28N6. The van der Waals surface area contributed by atoms with E-state index in [1.54, 1.807) is 12.4 Å². The van der Waals surface area contributed by atoms with Crippen molar-refractivity contribution in [3.05, 3.63) is 84.7 Å². The Morgan fingerprint density at radius 2 is 1.72 bits per heavy atom. The second-order valence-electron chi connectivity index (χ2n) is 9.43. The van der Waals surface area contributed by atoms with Crippen LogP contribution in [-0.2, 0) is 6.42 Å². The van der Waals surface area contributed by atoms with Crippen molar-refractivity contribution in [2.24, 2.45) is 0 Å². The van der Waals surface area contributed by atoms with E-state index < -0.39 is 0 Å². The average Bonchev–Trinajstić information content (AvgIpc) is 3.52. The zero-order valence-corrected chi connectivity index (χ0v) is 20.6. The third-order valence-corrected chi connectivity index (χ3v) is 6.48. The zero-order valence-electron chi connectivity index (χ0n) is 20.6. The minimum atomic E-state index is 0.373. The molecule has 0 radical (unpaired) electrons. The molecule has 0 aliphatic carbocycles. The van der Waals surface area contributed by atoms with Crippen molar-refractivity contribution in [2.75, 3.05) is 5.32 Å². The van der Waals surface area contributed by atoms with E-state index in [-0.39, 0.29) is 0 Å². The van der Waals surface area contributed by atoms with Crippen molar-refractivity contribution in [2.45, 2.75) is 33.2 Å². The molecule has 0 atom stereocenters. The van der Waals surface area contributed by atoms with Gasteiger partial charge < -0.3 is 10.3 Å². The first-order valence-electron chi connectivity index (χ1n) is 12.4. The lowest BCUT2D eigenvalue weighted by atomic mass is 9.99. The maximum Gasteiger partial charge on any atom is 0.159 e. The van der Waals surface area contributed by atoms with Gasteiger partial charge in [0.05, 0.1) is 16.6 Å². The number of para-hydroxylation sites is 1. The van der Waals surface area contributed by atoms with Gasteiger partial charge in [0.2, 0.25) is 0 Å². The standard InChI is InChI=1S/C30H28N6/c1-4-19-14-22(16-23(15-19)32-18(2)3)21-8-9-26-25(17-21)29(36-35-26)30-33-27-7-5-6-24(28(27)34-30)20-10-12-31-13-11-20/h5-18,32H,4H2,1-3H3,(H,33,34)(H,35,36). The molecule has 6 rings (SSSR count). The second-order valence-corrected chi connectivity index (χ2v) is 9.43. The molecule has 0 bridgehead atoms. The fourth-order valence-electron chi connectivity index (χ4n) is 4.76. The Hall–Kier alpha value is -4.45. The summed E-state index contributed by atoms with van der Waals surface area (Å²) in [6, 6.07) is 23.8. The topological polar surface area (TPSA) is 82.3 Å². The van der Waals surface area contributed by atoms with E-state index in [0.717, 1.165) is 62.3 Å². The lowest BCUT2D eigenvalue weighted by Gasteiger charge is -2.14. The molecule has 3 aromatic carbocycles. The van der Waals surface area contributed by atoms with Crippen LogP contribution >= 0.6 is 0 Å². The number of rotatable bonds is 6. The summed E-state index contributed by atoms with van der Waals surface area (Å²) in [5.41, 5.74) is 10.7. The highest BCUT2D eigenvalue weighted by atomic mass is 15.1. The van der Waals surface area contributed by atoms with E-state index in [2.05, 4.69) is 94.8 Å². The molecule has 0 saturated carbocycles. The number of fused-ring (bicyclic) bond motifs is 2. The number of aryl methyl sites for hydroxylation is 1. The van der Waals surface area contributed by atoms with Gasteiger partial charge in [0.15, 0.2) is 5.82 Å². The molecule has 0 spiro atoms. The van der Waals surface area contributed by atoms with E-state index in [9.17, 15) is 0 Å². The van der Waals surface area contributed by atoms with Gasteiger partial charge in [-0.3, -0.25) is 10.1 Å². The highest BCUT2D eigenvalue weighted by molar-refractivity contribution is 5.98. The summed E-state index contributed by atoms with van der Waals surface area (Å²) in [6.45, 7) is 6.52. The Bertz CT molecular complexity index is 1680. The van der Waals surface area contributed by atoms with E-state index >= 15 is 0 Å². The molecule has 6 heteroatoms. The summed E-state index contributed by atoms with van der Waals surface area (Å²) in [4.78, 5) is 12.6. The Morgan fingerprint density at radius 3 is 2.53 bits per heavy atom. The monoisotopic (exact) mass is 472 g/mol. The maximum absolute atomic E-state index is 4.99. The van der Waals surface area contributed by atoms with Crippen LogP contribution < -0.4 is 5.32 Å². The zero-order chi connectivity index (χ0) is 24.6. The Labute approximate surface area is 209 Å². The van der Waals surface area contributed by atoms with Gasteiger partial charge in [0, 0.05) is 35.1 Å². The molecule has 0 unspecified atom stereocenters. The SMILES string of the molecule is CCc1cc(NC(C)C)cc(-c2ccc3[nH]nc(-c4nc5c(-c6ccncc6)cccc5[nH]4)c3c2)c1. The van der Waals surface area contributed by atoms with Crippen LogP contribution in [0.4, 0.5) is 5.69 Å². The molecule has 6 aromatic rings. The summed E-state index contributed by atoms with van der Waals surface area (Å²) < 4.78 is 0. The van der Waals surface area contributed by atoms with Crippen molar-refractivity contribution >= 4 is 27.6 Å². The number of benzene rings is 3. The van der Waals surface area contributed by atoms with Gasteiger partial charge in [-0.05, 0) is 85.0 Å². The number of nitrogens with one attached hydrogen (secondary N) is 3. The Kier molecular flexibility index (Phi) is 5.49. The first-order valence-corrected chi connectivity index (χ1v) is 12.4. The summed E-state index contributed by atoms with van der Waals surface area (Å²) in [7, 11) is 0. The fourth-order valence-corrected chi connectivity index (χ4v) is 4.76. The molecule has 3 aromatic heterocycles. The largest absolute Gasteiger partial charge is 0.383 e. The van der Waals surface area contributed by atoms with Crippen LogP contribution in [0.1, 0.15) is 26.3 Å². The van der Waals surface area contributed by atoms with Gasteiger partial charge >= 0.3 is 0 Å². The Balaban J connectivity index is 1.46. The summed E-state index contributed by atoms with van der Waals surface area (Å²) in [5.74, 6) is 0.749. The second kappa shape index (κ2) is 8.96. The highest BCUT2D eigenvalue weighted by Gasteiger charge is 2.16. The van der Waals surface area contributed by atoms with Gasteiger partial charge in [-0.1, -0.05) is 31.2 Å². The maximum atomic E-state index is 4.99. The van der Waals surface area contributed by atoms with Gasteiger partial charge in [-0.2, -0.15) is 5.10 Å². The number of hydrogen-bond acceptors (Lipinski definition) is 4. The summed E-state index contributed by atoms with van der Waals surface area (Å²) in [5, 5.41) is 12.4.